The van der Waals surface area contributed by atoms with Crippen LogP contribution in [0.15, 0.2) is 36.5 Å². The van der Waals surface area contributed by atoms with E-state index in [0.29, 0.717) is 24.7 Å². The molecule has 2 rings (SSSR count). The second kappa shape index (κ2) is 12.0. The number of hydrogen-bond donors (Lipinski definition) is 2. The number of unbranched alkanes of at least 4 members (excludes halogenated alkanes) is 1. The Morgan fingerprint density at radius 3 is 2.38 bits per heavy atom. The molecule has 9 heteroatoms. The maximum Gasteiger partial charge on any atom is 0.421 e. The van der Waals surface area contributed by atoms with Crippen molar-refractivity contribution in [2.45, 2.75) is 85.5 Å². The van der Waals surface area contributed by atoms with Crippen molar-refractivity contribution >= 4 is 17.9 Å². The molecule has 0 spiro atoms. The minimum absolute atomic E-state index is 0.0722. The van der Waals surface area contributed by atoms with Gasteiger partial charge in [-0.3, -0.25) is 0 Å². The lowest BCUT2D eigenvalue weighted by molar-refractivity contribution is -0.163. The van der Waals surface area contributed by atoms with E-state index >= 15 is 0 Å². The number of aromatic nitrogens is 2. The van der Waals surface area contributed by atoms with E-state index in [1.54, 1.807) is 41.5 Å². The second-order valence-corrected chi connectivity index (χ2v) is 9.84. The first-order valence-corrected chi connectivity index (χ1v) is 11.6. The highest BCUT2D eigenvalue weighted by Crippen LogP contribution is 2.27. The molecular formula is C25H38N4O5. The zero-order valence-corrected chi connectivity index (χ0v) is 21.3. The molecule has 0 radical (unpaired) electrons. The number of ether oxygens (including phenoxy) is 3. The van der Waals surface area contributed by atoms with Crippen LogP contribution in [0.25, 0.3) is 0 Å². The first kappa shape index (κ1) is 27.3. The summed E-state index contributed by atoms with van der Waals surface area (Å²) in [5.74, 6) is 0.766. The van der Waals surface area contributed by atoms with E-state index in [1.807, 2.05) is 30.3 Å². The molecule has 0 fully saturated rings. The molecule has 0 aliphatic heterocycles. The third kappa shape index (κ3) is 9.15. The summed E-state index contributed by atoms with van der Waals surface area (Å²) < 4.78 is 17.0. The molecular weight excluding hydrogens is 436 g/mol. The van der Waals surface area contributed by atoms with Gasteiger partial charge in [-0.2, -0.15) is 9.88 Å². The number of carbonyl (C=O) groups excluding carboxylic acids is 1. The van der Waals surface area contributed by atoms with Crippen LogP contribution < -0.4 is 15.0 Å². The van der Waals surface area contributed by atoms with Crippen LogP contribution in [-0.4, -0.2) is 45.3 Å². The molecule has 0 aliphatic carbocycles. The molecule has 1 amide bonds. The topological polar surface area (TPSA) is 106 Å². The van der Waals surface area contributed by atoms with Crippen LogP contribution in [0.2, 0.25) is 0 Å². The van der Waals surface area contributed by atoms with Crippen molar-refractivity contribution in [1.82, 2.24) is 9.97 Å². The summed E-state index contributed by atoms with van der Waals surface area (Å²) >= 11 is 0. The number of benzene rings is 1. The number of aliphatic hydroxyl groups excluding tert-OH is 1. The SMILES string of the molecule is CCCCNc1nc(N(C(=O)OC(C)(C)C)C(O)OC(C)(C)C)ncc1OCc1ccccc1. The molecule has 0 aliphatic rings. The summed E-state index contributed by atoms with van der Waals surface area (Å²) in [4.78, 5) is 22.7. The number of nitrogens with zero attached hydrogens (tertiary/aromatic N) is 3. The monoisotopic (exact) mass is 474 g/mol. The minimum atomic E-state index is -1.66. The molecule has 1 aromatic carbocycles. The number of aliphatic hydroxyl groups is 1. The Labute approximate surface area is 202 Å². The lowest BCUT2D eigenvalue weighted by Gasteiger charge is -2.32. The molecule has 188 valence electrons. The maximum atomic E-state index is 13.0. The minimum Gasteiger partial charge on any atom is -0.483 e. The Hall–Kier alpha value is -2.91. The molecule has 1 heterocycles. The molecule has 0 bridgehead atoms. The molecule has 0 saturated carbocycles. The predicted octanol–water partition coefficient (Wildman–Crippen LogP) is 5.10. The van der Waals surface area contributed by atoms with Gasteiger partial charge in [-0.1, -0.05) is 43.7 Å². The maximum absolute atomic E-state index is 13.0. The van der Waals surface area contributed by atoms with Gasteiger partial charge >= 0.3 is 6.09 Å². The average Bonchev–Trinajstić information content (AvgIpc) is 2.71. The molecule has 2 N–H and O–H groups in total. The third-order valence-electron chi connectivity index (χ3n) is 4.29. The quantitative estimate of drug-likeness (QED) is 0.362. The zero-order chi connectivity index (χ0) is 25.4. The fourth-order valence-electron chi connectivity index (χ4n) is 2.78. The van der Waals surface area contributed by atoms with Crippen molar-refractivity contribution in [1.29, 1.82) is 0 Å². The van der Waals surface area contributed by atoms with Crippen LogP contribution >= 0.6 is 0 Å². The lowest BCUT2D eigenvalue weighted by atomic mass is 10.2. The van der Waals surface area contributed by atoms with Gasteiger partial charge in [0.1, 0.15) is 12.2 Å². The summed E-state index contributed by atoms with van der Waals surface area (Å²) in [7, 11) is 0. The van der Waals surface area contributed by atoms with Crippen molar-refractivity contribution in [3.63, 3.8) is 0 Å². The highest BCUT2D eigenvalue weighted by atomic mass is 16.7. The van der Waals surface area contributed by atoms with Crippen LogP contribution in [0.1, 0.15) is 66.9 Å². The van der Waals surface area contributed by atoms with E-state index in [-0.39, 0.29) is 5.95 Å². The molecule has 1 unspecified atom stereocenters. The van der Waals surface area contributed by atoms with Gasteiger partial charge in [0.05, 0.1) is 11.8 Å². The van der Waals surface area contributed by atoms with Gasteiger partial charge in [0.2, 0.25) is 12.4 Å². The van der Waals surface area contributed by atoms with Crippen molar-refractivity contribution in [2.75, 3.05) is 16.8 Å². The fourth-order valence-corrected chi connectivity index (χ4v) is 2.78. The fraction of sp³-hybridized carbons (Fsp3) is 0.560. The van der Waals surface area contributed by atoms with E-state index in [4.69, 9.17) is 14.2 Å². The number of carbonyl (C=O) groups is 1. The Kier molecular flexibility index (Phi) is 9.64. The van der Waals surface area contributed by atoms with Crippen LogP contribution in [-0.2, 0) is 16.1 Å². The summed E-state index contributed by atoms with van der Waals surface area (Å²) in [5, 5.41) is 14.0. The van der Waals surface area contributed by atoms with E-state index < -0.39 is 23.7 Å². The normalized spacial score (nSPS) is 12.7. The summed E-state index contributed by atoms with van der Waals surface area (Å²) in [5.41, 5.74) is -0.534. The Morgan fingerprint density at radius 1 is 1.12 bits per heavy atom. The standard InChI is InChI=1S/C25H38N4O5/c1-8-9-15-26-20-19(32-17-18-13-11-10-12-14-18)16-27-21(28-20)29(22(30)33-24(2,3)4)23(31)34-25(5,6)7/h10-14,16,22,30H,8-9,15,17H2,1-7H3,(H,26,27,28). The first-order chi connectivity index (χ1) is 15.9. The number of rotatable bonds is 10. The van der Waals surface area contributed by atoms with E-state index in [2.05, 4.69) is 22.2 Å². The second-order valence-electron chi connectivity index (χ2n) is 9.84. The number of nitrogens with one attached hydrogen (secondary N) is 1. The van der Waals surface area contributed by atoms with E-state index in [0.717, 1.165) is 23.3 Å². The number of hydrogen-bond acceptors (Lipinski definition) is 8. The van der Waals surface area contributed by atoms with E-state index in [1.165, 1.54) is 6.20 Å². The zero-order valence-electron chi connectivity index (χ0n) is 21.3. The number of amides is 1. The largest absolute Gasteiger partial charge is 0.483 e. The average molecular weight is 475 g/mol. The van der Waals surface area contributed by atoms with Crippen molar-refractivity contribution in [2.24, 2.45) is 0 Å². The summed E-state index contributed by atoms with van der Waals surface area (Å²) in [6.45, 7) is 13.6. The van der Waals surface area contributed by atoms with Crippen molar-refractivity contribution in [3.8, 4) is 5.75 Å². The predicted molar refractivity (Wildman–Crippen MR) is 132 cm³/mol. The smallest absolute Gasteiger partial charge is 0.421 e. The van der Waals surface area contributed by atoms with Crippen LogP contribution in [0.5, 0.6) is 5.75 Å². The number of anilines is 2. The molecule has 2 aromatic rings. The Balaban J connectivity index is 2.38. The molecule has 34 heavy (non-hydrogen) atoms. The Bertz CT molecular complexity index is 910. The van der Waals surface area contributed by atoms with E-state index in [9.17, 15) is 9.90 Å². The highest BCUT2D eigenvalue weighted by Gasteiger charge is 2.34. The third-order valence-corrected chi connectivity index (χ3v) is 4.29. The van der Waals surface area contributed by atoms with Crippen molar-refractivity contribution in [3.05, 3.63) is 42.1 Å². The first-order valence-electron chi connectivity index (χ1n) is 11.6. The Morgan fingerprint density at radius 2 is 1.79 bits per heavy atom. The summed E-state index contributed by atoms with van der Waals surface area (Å²) in [6, 6.07) is 9.74. The molecule has 9 nitrogen and oxygen atoms in total. The lowest BCUT2D eigenvalue weighted by Crippen LogP contribution is -2.48. The van der Waals surface area contributed by atoms with Gasteiger partial charge in [-0.05, 0) is 53.5 Å². The molecule has 0 saturated heterocycles. The molecule has 1 atom stereocenters. The summed E-state index contributed by atoms with van der Waals surface area (Å²) in [6.07, 6.45) is 0.896. The van der Waals surface area contributed by atoms with Gasteiger partial charge in [0.25, 0.3) is 0 Å². The van der Waals surface area contributed by atoms with Crippen LogP contribution in [0.4, 0.5) is 16.6 Å². The van der Waals surface area contributed by atoms with Gasteiger partial charge in [0, 0.05) is 6.54 Å². The van der Waals surface area contributed by atoms with Gasteiger partial charge in [0.15, 0.2) is 11.6 Å². The van der Waals surface area contributed by atoms with Crippen LogP contribution in [0.3, 0.4) is 0 Å². The van der Waals surface area contributed by atoms with Gasteiger partial charge < -0.3 is 24.6 Å². The van der Waals surface area contributed by atoms with Crippen LogP contribution in [0, 0.1) is 0 Å². The van der Waals surface area contributed by atoms with Gasteiger partial charge in [-0.15, -0.1) is 0 Å². The van der Waals surface area contributed by atoms with Crippen molar-refractivity contribution < 1.29 is 24.1 Å². The van der Waals surface area contributed by atoms with Gasteiger partial charge in [-0.25, -0.2) is 9.78 Å². The highest BCUT2D eigenvalue weighted by molar-refractivity contribution is 5.86. The molecule has 1 aromatic heterocycles.